The van der Waals surface area contributed by atoms with E-state index in [9.17, 15) is 5.11 Å². The van der Waals surface area contributed by atoms with Gasteiger partial charge < -0.3 is 9.84 Å². The third-order valence-corrected chi connectivity index (χ3v) is 7.07. The molecular weight excluding hydrogens is 424 g/mol. The van der Waals surface area contributed by atoms with Crippen LogP contribution in [0.3, 0.4) is 0 Å². The van der Waals surface area contributed by atoms with Crippen molar-refractivity contribution in [2.45, 2.75) is 31.4 Å². The average molecular weight is 449 g/mol. The summed E-state index contributed by atoms with van der Waals surface area (Å²) in [5.41, 5.74) is 6.46. The lowest BCUT2D eigenvalue weighted by Crippen LogP contribution is -1.93. The van der Waals surface area contributed by atoms with Gasteiger partial charge in [0.2, 0.25) is 0 Å². The first-order valence-electron chi connectivity index (χ1n) is 9.98. The van der Waals surface area contributed by atoms with Crippen molar-refractivity contribution in [3.8, 4) is 26.6 Å². The zero-order chi connectivity index (χ0) is 21.8. The molecule has 0 aliphatic rings. The summed E-state index contributed by atoms with van der Waals surface area (Å²) in [6.45, 7) is 4.06. The fourth-order valence-corrected chi connectivity index (χ4v) is 5.55. The van der Waals surface area contributed by atoms with Crippen molar-refractivity contribution in [1.82, 2.24) is 9.97 Å². The third kappa shape index (κ3) is 5.15. The summed E-state index contributed by atoms with van der Waals surface area (Å²) in [5.74, 6) is 1.63. The largest absolute Gasteiger partial charge is 0.497 e. The molecule has 0 aliphatic carbocycles. The first kappa shape index (κ1) is 21.6. The molecular formula is C25H24N2O2S2. The van der Waals surface area contributed by atoms with Gasteiger partial charge in [0.1, 0.15) is 5.75 Å². The van der Waals surface area contributed by atoms with Crippen molar-refractivity contribution in [3.63, 3.8) is 0 Å². The Morgan fingerprint density at radius 3 is 2.16 bits per heavy atom. The van der Waals surface area contributed by atoms with Crippen molar-refractivity contribution in [2.75, 3.05) is 7.11 Å². The number of ether oxygens (including phenoxy) is 1. The fourth-order valence-electron chi connectivity index (χ4n) is 3.34. The molecule has 2 aromatic carbocycles. The summed E-state index contributed by atoms with van der Waals surface area (Å²) in [6.07, 6.45) is 0. The predicted molar refractivity (Wildman–Crippen MR) is 129 cm³/mol. The van der Waals surface area contributed by atoms with Crippen LogP contribution in [-0.2, 0) is 12.4 Å². The van der Waals surface area contributed by atoms with Crippen LogP contribution in [0.25, 0.3) is 20.9 Å². The van der Waals surface area contributed by atoms with E-state index in [1.54, 1.807) is 30.2 Å². The number of aliphatic hydroxyl groups is 1. The SMILES string of the molecule is COc1ccc(-c2sc(-c3ccc(CO)cc3)cc2CSc2nc(C)cc(C)n2)cc1. The van der Waals surface area contributed by atoms with Gasteiger partial charge in [0.15, 0.2) is 5.16 Å². The third-order valence-electron chi connectivity index (χ3n) is 4.90. The number of hydrogen-bond donors (Lipinski definition) is 1. The van der Waals surface area contributed by atoms with Gasteiger partial charge in [-0.25, -0.2) is 9.97 Å². The van der Waals surface area contributed by atoms with E-state index in [1.165, 1.54) is 20.9 Å². The van der Waals surface area contributed by atoms with Crippen LogP contribution in [-0.4, -0.2) is 22.2 Å². The Labute approximate surface area is 191 Å². The van der Waals surface area contributed by atoms with Crippen LogP contribution in [0.1, 0.15) is 22.5 Å². The minimum Gasteiger partial charge on any atom is -0.497 e. The van der Waals surface area contributed by atoms with Gasteiger partial charge in [-0.05, 0) is 72.5 Å². The van der Waals surface area contributed by atoms with E-state index >= 15 is 0 Å². The summed E-state index contributed by atoms with van der Waals surface area (Å²) in [6, 6.07) is 20.5. The molecule has 4 aromatic rings. The molecule has 0 saturated heterocycles. The lowest BCUT2D eigenvalue weighted by Gasteiger charge is -2.06. The molecule has 0 fully saturated rings. The van der Waals surface area contributed by atoms with Gasteiger partial charge in [0.05, 0.1) is 13.7 Å². The van der Waals surface area contributed by atoms with Crippen molar-refractivity contribution < 1.29 is 9.84 Å². The van der Waals surface area contributed by atoms with Crippen LogP contribution in [0, 0.1) is 13.8 Å². The van der Waals surface area contributed by atoms with Crippen LogP contribution in [0.4, 0.5) is 0 Å². The molecule has 31 heavy (non-hydrogen) atoms. The summed E-state index contributed by atoms with van der Waals surface area (Å²) >= 11 is 3.44. The molecule has 0 saturated carbocycles. The standard InChI is InChI=1S/C25H24N2O2S2/c1-16-12-17(2)27-25(26-16)30-15-21-13-23(19-6-4-18(14-28)5-7-19)31-24(21)20-8-10-22(29-3)11-9-20/h4-13,28H,14-15H2,1-3H3. The van der Waals surface area contributed by atoms with Crippen LogP contribution in [0.15, 0.2) is 65.8 Å². The second-order valence-electron chi connectivity index (χ2n) is 7.27. The zero-order valence-corrected chi connectivity index (χ0v) is 19.4. The van der Waals surface area contributed by atoms with E-state index in [0.717, 1.165) is 39.2 Å². The number of aromatic nitrogens is 2. The number of aliphatic hydroxyl groups excluding tert-OH is 1. The Kier molecular flexibility index (Phi) is 6.70. The normalized spacial score (nSPS) is 11.0. The highest BCUT2D eigenvalue weighted by molar-refractivity contribution is 7.98. The molecule has 6 heteroatoms. The van der Waals surface area contributed by atoms with Gasteiger partial charge >= 0.3 is 0 Å². The lowest BCUT2D eigenvalue weighted by atomic mass is 10.1. The highest BCUT2D eigenvalue weighted by atomic mass is 32.2. The van der Waals surface area contributed by atoms with Crippen molar-refractivity contribution in [1.29, 1.82) is 0 Å². The summed E-state index contributed by atoms with van der Waals surface area (Å²) < 4.78 is 5.32. The topological polar surface area (TPSA) is 55.2 Å². The molecule has 0 spiro atoms. The quantitative estimate of drug-likeness (QED) is 0.266. The number of thiophene rings is 1. The second kappa shape index (κ2) is 9.64. The Hall–Kier alpha value is -2.67. The smallest absolute Gasteiger partial charge is 0.188 e. The van der Waals surface area contributed by atoms with Gasteiger partial charge in [-0.1, -0.05) is 36.0 Å². The second-order valence-corrected chi connectivity index (χ2v) is 9.27. The number of thioether (sulfide) groups is 1. The highest BCUT2D eigenvalue weighted by Crippen LogP contribution is 2.41. The number of nitrogens with zero attached hydrogens (tertiary/aromatic N) is 2. The fraction of sp³-hybridized carbons (Fsp3) is 0.200. The zero-order valence-electron chi connectivity index (χ0n) is 17.8. The summed E-state index contributed by atoms with van der Waals surface area (Å²) in [7, 11) is 1.68. The lowest BCUT2D eigenvalue weighted by molar-refractivity contribution is 0.282. The molecule has 0 bridgehead atoms. The molecule has 0 amide bonds. The van der Waals surface area contributed by atoms with Gasteiger partial charge in [0.25, 0.3) is 0 Å². The molecule has 0 unspecified atom stereocenters. The molecule has 4 rings (SSSR count). The van der Waals surface area contributed by atoms with Gasteiger partial charge in [-0.2, -0.15) is 0 Å². The van der Waals surface area contributed by atoms with E-state index in [4.69, 9.17) is 4.74 Å². The van der Waals surface area contributed by atoms with E-state index in [1.807, 2.05) is 44.2 Å². The number of rotatable bonds is 7. The molecule has 2 heterocycles. The molecule has 1 N–H and O–H groups in total. The van der Waals surface area contributed by atoms with Crippen LogP contribution < -0.4 is 4.74 Å². The van der Waals surface area contributed by atoms with Gasteiger partial charge in [0, 0.05) is 26.9 Å². The van der Waals surface area contributed by atoms with Crippen LogP contribution in [0.2, 0.25) is 0 Å². The number of benzene rings is 2. The molecule has 4 nitrogen and oxygen atoms in total. The minimum absolute atomic E-state index is 0.0552. The van der Waals surface area contributed by atoms with Crippen molar-refractivity contribution in [2.24, 2.45) is 0 Å². The van der Waals surface area contributed by atoms with Crippen LogP contribution >= 0.6 is 23.1 Å². The monoisotopic (exact) mass is 448 g/mol. The highest BCUT2D eigenvalue weighted by Gasteiger charge is 2.14. The summed E-state index contributed by atoms with van der Waals surface area (Å²) in [4.78, 5) is 11.6. The predicted octanol–water partition coefficient (Wildman–Crippen LogP) is 6.28. The maximum atomic E-state index is 9.33. The van der Waals surface area contributed by atoms with E-state index < -0.39 is 0 Å². The number of aryl methyl sites for hydroxylation is 2. The minimum atomic E-state index is 0.0552. The number of methoxy groups -OCH3 is 1. The van der Waals surface area contributed by atoms with Crippen molar-refractivity contribution in [3.05, 3.63) is 83.2 Å². The average Bonchev–Trinajstić information content (AvgIpc) is 3.21. The maximum absolute atomic E-state index is 9.33. The van der Waals surface area contributed by atoms with Gasteiger partial charge in [-0.15, -0.1) is 11.3 Å². The maximum Gasteiger partial charge on any atom is 0.188 e. The first-order chi connectivity index (χ1) is 15.1. The van der Waals surface area contributed by atoms with Crippen molar-refractivity contribution >= 4 is 23.1 Å². The Bertz CT molecular complexity index is 1150. The van der Waals surface area contributed by atoms with E-state index in [2.05, 4.69) is 40.3 Å². The Balaban J connectivity index is 1.68. The molecule has 158 valence electrons. The Morgan fingerprint density at radius 1 is 0.903 bits per heavy atom. The number of hydrogen-bond acceptors (Lipinski definition) is 6. The van der Waals surface area contributed by atoms with Crippen LogP contribution in [0.5, 0.6) is 5.75 Å². The van der Waals surface area contributed by atoms with Gasteiger partial charge in [-0.3, -0.25) is 0 Å². The molecule has 0 radical (unpaired) electrons. The Morgan fingerprint density at radius 2 is 1.55 bits per heavy atom. The van der Waals surface area contributed by atoms with E-state index in [-0.39, 0.29) is 6.61 Å². The molecule has 0 atom stereocenters. The summed E-state index contributed by atoms with van der Waals surface area (Å²) in [5, 5.41) is 10.1. The van der Waals surface area contributed by atoms with E-state index in [0.29, 0.717) is 0 Å². The molecule has 0 aliphatic heterocycles. The first-order valence-corrected chi connectivity index (χ1v) is 11.8. The molecule has 2 aromatic heterocycles.